The second kappa shape index (κ2) is 14.1. The van der Waals surface area contributed by atoms with Crippen molar-refractivity contribution < 1.29 is 32.8 Å². The highest BCUT2D eigenvalue weighted by Gasteiger charge is 2.25. The molecule has 1 amide bonds. The van der Waals surface area contributed by atoms with Crippen molar-refractivity contribution in [2.24, 2.45) is 0 Å². The Kier molecular flexibility index (Phi) is 9.83. The lowest BCUT2D eigenvalue weighted by molar-refractivity contribution is -0.385. The first-order valence-corrected chi connectivity index (χ1v) is 15.9. The molecule has 0 aliphatic heterocycles. The van der Waals surface area contributed by atoms with Gasteiger partial charge in [0.25, 0.3) is 21.6 Å². The number of hydrogen-bond acceptors (Lipinski definition) is 7. The summed E-state index contributed by atoms with van der Waals surface area (Å²) in [6.45, 7) is 0. The predicted molar refractivity (Wildman–Crippen MR) is 176 cm³/mol. The Morgan fingerprint density at radius 3 is 2.28 bits per heavy atom. The predicted octanol–water partition coefficient (Wildman–Crippen LogP) is 6.93. The van der Waals surface area contributed by atoms with Crippen molar-refractivity contribution in [1.29, 1.82) is 0 Å². The lowest BCUT2D eigenvalue weighted by Gasteiger charge is -2.18. The minimum Gasteiger partial charge on any atom is -0.480 e. The Balaban J connectivity index is 1.33. The number of carbonyl (C=O) groups is 2. The number of ether oxygens (including phenoxy) is 1. The Bertz CT molecular complexity index is 2060. The third kappa shape index (κ3) is 8.12. The maximum absolute atomic E-state index is 13.3. The lowest BCUT2D eigenvalue weighted by Crippen LogP contribution is -2.42. The maximum atomic E-state index is 13.3. The average Bonchev–Trinajstić information content (AvgIpc) is 3.06. The summed E-state index contributed by atoms with van der Waals surface area (Å²) in [6, 6.07) is 30.7. The summed E-state index contributed by atoms with van der Waals surface area (Å²) < 4.78 is 34.4. The summed E-state index contributed by atoms with van der Waals surface area (Å²) in [5, 5.41) is 23.6. The minimum atomic E-state index is -4.38. The molecule has 5 rings (SSSR count). The normalized spacial score (nSPS) is 11.7. The fourth-order valence-electron chi connectivity index (χ4n) is 4.66. The molecule has 0 radical (unpaired) electrons. The summed E-state index contributed by atoms with van der Waals surface area (Å²) in [5.74, 6) is -0.901. The molecular weight excluding hydrogens is 646 g/mol. The Labute approximate surface area is 274 Å². The van der Waals surface area contributed by atoms with E-state index in [-0.39, 0.29) is 22.7 Å². The molecule has 1 unspecified atom stereocenters. The number of hydrogen-bond donors (Lipinski definition) is 3. The fourth-order valence-corrected chi connectivity index (χ4v) is 5.95. The van der Waals surface area contributed by atoms with Crippen LogP contribution in [0, 0.1) is 10.1 Å². The number of carboxylic acids is 1. The molecule has 0 saturated heterocycles. The molecule has 0 heterocycles. The van der Waals surface area contributed by atoms with Crippen LogP contribution in [0.2, 0.25) is 5.02 Å². The molecule has 0 bridgehead atoms. The molecule has 0 fully saturated rings. The van der Waals surface area contributed by atoms with Crippen LogP contribution in [0.25, 0.3) is 11.1 Å². The van der Waals surface area contributed by atoms with Gasteiger partial charge in [0.15, 0.2) is 0 Å². The molecule has 0 aromatic heterocycles. The van der Waals surface area contributed by atoms with Crippen LogP contribution in [0.4, 0.5) is 11.4 Å². The number of amides is 1. The molecule has 5 aromatic rings. The zero-order chi connectivity index (χ0) is 33.6. The Hall–Kier alpha value is -5.72. The van der Waals surface area contributed by atoms with Crippen LogP contribution in [0.3, 0.4) is 0 Å². The number of sulfonamides is 1. The van der Waals surface area contributed by atoms with E-state index in [1.54, 1.807) is 12.1 Å². The molecular formula is C34H26ClN3O8S. The van der Waals surface area contributed by atoms with Crippen molar-refractivity contribution in [3.05, 3.63) is 148 Å². The van der Waals surface area contributed by atoms with Crippen LogP contribution in [0.5, 0.6) is 11.5 Å². The van der Waals surface area contributed by atoms with Crippen LogP contribution in [-0.2, 0) is 21.2 Å². The van der Waals surface area contributed by atoms with Gasteiger partial charge in [-0.25, -0.2) is 13.2 Å². The second-order valence-corrected chi connectivity index (χ2v) is 12.3. The maximum Gasteiger partial charge on any atom is 0.326 e. The Morgan fingerprint density at radius 2 is 1.57 bits per heavy atom. The number of para-hydroxylation sites is 2. The van der Waals surface area contributed by atoms with Gasteiger partial charge in [-0.3, -0.25) is 19.6 Å². The third-order valence-corrected chi connectivity index (χ3v) is 8.57. The summed E-state index contributed by atoms with van der Waals surface area (Å²) in [6.07, 6.45) is -0.0845. The highest BCUT2D eigenvalue weighted by molar-refractivity contribution is 7.92. The molecule has 13 heteroatoms. The summed E-state index contributed by atoms with van der Waals surface area (Å²) >= 11 is 6.10. The van der Waals surface area contributed by atoms with E-state index in [1.165, 1.54) is 24.3 Å². The quantitative estimate of drug-likeness (QED) is 0.0948. The van der Waals surface area contributed by atoms with Gasteiger partial charge in [-0.05, 0) is 53.6 Å². The van der Waals surface area contributed by atoms with E-state index in [2.05, 4.69) is 10.0 Å². The van der Waals surface area contributed by atoms with Crippen LogP contribution < -0.4 is 14.8 Å². The number of nitro groups is 1. The second-order valence-electron chi connectivity index (χ2n) is 10.2. The first kappa shape index (κ1) is 32.7. The number of nitrogens with zero attached hydrogens (tertiary/aromatic N) is 1. The molecule has 47 heavy (non-hydrogen) atoms. The van der Waals surface area contributed by atoms with Gasteiger partial charge in [-0.2, -0.15) is 0 Å². The van der Waals surface area contributed by atoms with E-state index in [0.717, 1.165) is 29.3 Å². The number of aliphatic carboxylic acids is 1. The van der Waals surface area contributed by atoms with Crippen molar-refractivity contribution >= 4 is 44.9 Å². The van der Waals surface area contributed by atoms with Gasteiger partial charge in [0.1, 0.15) is 17.5 Å². The highest BCUT2D eigenvalue weighted by Crippen LogP contribution is 2.33. The summed E-state index contributed by atoms with van der Waals surface area (Å²) in [5.41, 5.74) is 1.37. The van der Waals surface area contributed by atoms with Gasteiger partial charge in [0.2, 0.25) is 0 Å². The zero-order valence-corrected chi connectivity index (χ0v) is 25.9. The highest BCUT2D eigenvalue weighted by atomic mass is 35.5. The first-order chi connectivity index (χ1) is 22.5. The number of rotatable bonds is 12. The Morgan fingerprint density at radius 1 is 0.872 bits per heavy atom. The van der Waals surface area contributed by atoms with Crippen molar-refractivity contribution in [3.8, 4) is 22.6 Å². The van der Waals surface area contributed by atoms with Gasteiger partial charge in [0.05, 0.1) is 21.1 Å². The van der Waals surface area contributed by atoms with Crippen LogP contribution >= 0.6 is 11.6 Å². The monoisotopic (exact) mass is 671 g/mol. The first-order valence-electron chi connectivity index (χ1n) is 14.0. The van der Waals surface area contributed by atoms with E-state index in [9.17, 15) is 33.2 Å². The number of halogens is 1. The molecule has 3 N–H and O–H groups in total. The van der Waals surface area contributed by atoms with Crippen LogP contribution in [-0.4, -0.2) is 36.4 Å². The number of non-ortho nitro benzene ring substituents is 1. The van der Waals surface area contributed by atoms with E-state index in [0.29, 0.717) is 17.1 Å². The average molecular weight is 672 g/mol. The van der Waals surface area contributed by atoms with Gasteiger partial charge in [-0.1, -0.05) is 78.3 Å². The number of anilines is 1. The SMILES string of the molecule is O=C(NC(Cc1ccc(-c2ccccc2Oc2ccccc2)cc1)C(=O)O)c1cc(Cl)ccc1NS(=O)(=O)c1cccc([N+](=O)[O-])c1. The van der Waals surface area contributed by atoms with Crippen molar-refractivity contribution in [1.82, 2.24) is 5.32 Å². The van der Waals surface area contributed by atoms with E-state index in [4.69, 9.17) is 16.3 Å². The van der Waals surface area contributed by atoms with Gasteiger partial charge in [-0.15, -0.1) is 0 Å². The number of nitrogens with one attached hydrogen (secondary N) is 2. The van der Waals surface area contributed by atoms with Crippen LogP contribution in [0.15, 0.2) is 126 Å². The molecule has 0 aliphatic rings. The minimum absolute atomic E-state index is 0.0845. The smallest absolute Gasteiger partial charge is 0.326 e. The number of benzene rings is 5. The van der Waals surface area contributed by atoms with E-state index < -0.39 is 43.4 Å². The number of nitro benzene ring substituents is 1. The third-order valence-electron chi connectivity index (χ3n) is 6.98. The van der Waals surface area contributed by atoms with Gasteiger partial charge < -0.3 is 15.2 Å². The van der Waals surface area contributed by atoms with Crippen molar-refractivity contribution in [2.45, 2.75) is 17.4 Å². The summed E-state index contributed by atoms with van der Waals surface area (Å²) in [7, 11) is -4.38. The molecule has 0 spiro atoms. The van der Waals surface area contributed by atoms with E-state index in [1.807, 2.05) is 66.7 Å². The number of carbonyl (C=O) groups excluding carboxylic acids is 1. The topological polar surface area (TPSA) is 165 Å². The molecule has 5 aromatic carbocycles. The molecule has 1 atom stereocenters. The molecule has 238 valence electrons. The number of carboxylic acid groups (broad SMARTS) is 1. The molecule has 0 aliphatic carbocycles. The van der Waals surface area contributed by atoms with Crippen LogP contribution in [0.1, 0.15) is 15.9 Å². The van der Waals surface area contributed by atoms with Crippen molar-refractivity contribution in [2.75, 3.05) is 4.72 Å². The van der Waals surface area contributed by atoms with Gasteiger partial charge in [0, 0.05) is 29.1 Å². The molecule has 11 nitrogen and oxygen atoms in total. The standard InChI is InChI=1S/C34H26ClN3O8S/c35-24-17-18-30(37-47(44,45)27-10-6-7-25(21-27)38(42)43)29(20-24)33(39)36-31(34(40)41)19-22-13-15-23(16-14-22)28-11-4-5-12-32(28)46-26-8-2-1-3-9-26/h1-18,20-21,31,37H,19H2,(H,36,39)(H,40,41). The van der Waals surface area contributed by atoms with Crippen molar-refractivity contribution in [3.63, 3.8) is 0 Å². The summed E-state index contributed by atoms with van der Waals surface area (Å²) in [4.78, 5) is 35.5. The van der Waals surface area contributed by atoms with Gasteiger partial charge >= 0.3 is 5.97 Å². The zero-order valence-electron chi connectivity index (χ0n) is 24.4. The largest absolute Gasteiger partial charge is 0.480 e. The van der Waals surface area contributed by atoms with E-state index >= 15 is 0 Å². The molecule has 0 saturated carbocycles. The lowest BCUT2D eigenvalue weighted by atomic mass is 9.99. The fraction of sp³-hybridized carbons (Fsp3) is 0.0588.